The molecule has 7 unspecified atom stereocenters. The maximum absolute atomic E-state index is 13.2. The van der Waals surface area contributed by atoms with E-state index in [4.69, 9.17) is 23.7 Å². The number of fused-ring (bicyclic) bond motifs is 3. The van der Waals surface area contributed by atoms with Crippen LogP contribution in [0.1, 0.15) is 65.2 Å². The van der Waals surface area contributed by atoms with Crippen molar-refractivity contribution in [2.75, 3.05) is 27.4 Å². The molecule has 3 saturated heterocycles. The first-order valence-corrected chi connectivity index (χ1v) is 14.1. The summed E-state index contributed by atoms with van der Waals surface area (Å²) in [4.78, 5) is 29.5. The van der Waals surface area contributed by atoms with E-state index in [1.807, 2.05) is 6.92 Å². The van der Waals surface area contributed by atoms with Crippen LogP contribution in [0.25, 0.3) is 0 Å². The minimum absolute atomic E-state index is 0.0676. The van der Waals surface area contributed by atoms with Gasteiger partial charge in [-0.25, -0.2) is 0 Å². The van der Waals surface area contributed by atoms with Crippen molar-refractivity contribution in [2.45, 2.75) is 108 Å². The number of rotatable bonds is 5. The van der Waals surface area contributed by atoms with E-state index >= 15 is 0 Å². The Morgan fingerprint density at radius 1 is 0.757 bits per heavy atom. The summed E-state index contributed by atoms with van der Waals surface area (Å²) in [7, 11) is 3.60. The van der Waals surface area contributed by atoms with Crippen LogP contribution in [-0.4, -0.2) is 97.4 Å². The summed E-state index contributed by atoms with van der Waals surface area (Å²) < 4.78 is 29.5. The van der Waals surface area contributed by atoms with Gasteiger partial charge in [0.15, 0.2) is 18.9 Å². The van der Waals surface area contributed by atoms with E-state index < -0.39 is 24.8 Å². The van der Waals surface area contributed by atoms with Crippen LogP contribution >= 0.6 is 0 Å². The predicted molar refractivity (Wildman–Crippen MR) is 132 cm³/mol. The molecule has 5 aliphatic rings. The Kier molecular flexibility index (Phi) is 8.43. The van der Waals surface area contributed by atoms with Crippen LogP contribution in [0.5, 0.6) is 0 Å². The van der Waals surface area contributed by atoms with E-state index in [0.717, 1.165) is 51.4 Å². The standard InChI is InChI=1S/C27H44N2O8/c1-15-5-7-17(8-6-15)24(30)28(3)14-29(4)25(31)18-9-11-19(12-10-18)27-36-22-21-20(13-33-16(2)34-21)35-26(32)23(22)37-27/h15-23,26-27,32H,5-14H2,1-4H3. The van der Waals surface area contributed by atoms with Crippen molar-refractivity contribution < 1.29 is 38.4 Å². The zero-order valence-corrected chi connectivity index (χ0v) is 22.6. The molecule has 37 heavy (non-hydrogen) atoms. The number of amides is 2. The molecule has 3 heterocycles. The zero-order valence-electron chi connectivity index (χ0n) is 22.6. The van der Waals surface area contributed by atoms with Gasteiger partial charge in [-0.15, -0.1) is 0 Å². The lowest BCUT2D eigenvalue weighted by Gasteiger charge is -2.44. The maximum Gasteiger partial charge on any atom is 0.226 e. The lowest BCUT2D eigenvalue weighted by Crippen LogP contribution is -2.61. The van der Waals surface area contributed by atoms with Crippen molar-refractivity contribution in [3.8, 4) is 0 Å². The predicted octanol–water partition coefficient (Wildman–Crippen LogP) is 2.08. The van der Waals surface area contributed by atoms with Crippen molar-refractivity contribution in [3.05, 3.63) is 0 Å². The van der Waals surface area contributed by atoms with Crippen LogP contribution in [0.2, 0.25) is 0 Å². The Hall–Kier alpha value is -1.30. The number of carbonyl (C=O) groups excluding carboxylic acids is 2. The third-order valence-corrected chi connectivity index (χ3v) is 9.08. The minimum atomic E-state index is -1.08. The van der Waals surface area contributed by atoms with Gasteiger partial charge in [-0.1, -0.05) is 6.92 Å². The van der Waals surface area contributed by atoms with Gasteiger partial charge in [-0.2, -0.15) is 0 Å². The number of ether oxygens (including phenoxy) is 5. The molecule has 1 N–H and O–H groups in total. The maximum atomic E-state index is 13.2. The van der Waals surface area contributed by atoms with Gasteiger partial charge in [0.2, 0.25) is 11.8 Å². The monoisotopic (exact) mass is 524 g/mol. The molecular weight excluding hydrogens is 480 g/mol. The Morgan fingerprint density at radius 2 is 1.32 bits per heavy atom. The van der Waals surface area contributed by atoms with Crippen molar-refractivity contribution in [3.63, 3.8) is 0 Å². The molecule has 210 valence electrons. The molecule has 10 nitrogen and oxygen atoms in total. The second-order valence-corrected chi connectivity index (χ2v) is 11.9. The molecule has 0 aromatic rings. The molecule has 2 saturated carbocycles. The van der Waals surface area contributed by atoms with Crippen LogP contribution in [0.15, 0.2) is 0 Å². The van der Waals surface area contributed by atoms with E-state index in [-0.39, 0.29) is 48.1 Å². The van der Waals surface area contributed by atoms with Gasteiger partial charge >= 0.3 is 0 Å². The quantitative estimate of drug-likeness (QED) is 0.545. The van der Waals surface area contributed by atoms with E-state index in [0.29, 0.717) is 19.2 Å². The van der Waals surface area contributed by atoms with E-state index in [1.54, 1.807) is 23.9 Å². The zero-order chi connectivity index (χ0) is 26.3. The molecule has 0 spiro atoms. The minimum Gasteiger partial charge on any atom is -0.366 e. The van der Waals surface area contributed by atoms with Gasteiger partial charge in [-0.3, -0.25) is 9.59 Å². The molecule has 0 aromatic heterocycles. The van der Waals surface area contributed by atoms with Gasteiger partial charge in [0.25, 0.3) is 0 Å². The first-order valence-electron chi connectivity index (χ1n) is 14.1. The Balaban J connectivity index is 1.09. The average Bonchev–Trinajstić information content (AvgIpc) is 3.35. The highest BCUT2D eigenvalue weighted by Gasteiger charge is 2.56. The van der Waals surface area contributed by atoms with Crippen LogP contribution in [0.3, 0.4) is 0 Å². The number of hydrogen-bond donors (Lipinski definition) is 1. The van der Waals surface area contributed by atoms with Gasteiger partial charge in [0.1, 0.15) is 24.4 Å². The molecule has 0 bridgehead atoms. The fraction of sp³-hybridized carbons (Fsp3) is 0.926. The Morgan fingerprint density at radius 3 is 1.95 bits per heavy atom. The number of hydrogen-bond acceptors (Lipinski definition) is 8. The SMILES string of the molecule is CC1CCC(C(=O)N(C)CN(C)C(=O)C2CCC(C3OC4C(O)OC5COC(C)OC5C4O3)CC2)CC1. The molecule has 5 rings (SSSR count). The Bertz CT molecular complexity index is 812. The van der Waals surface area contributed by atoms with Crippen LogP contribution in [-0.2, 0) is 33.3 Å². The largest absolute Gasteiger partial charge is 0.366 e. The van der Waals surface area contributed by atoms with Crippen LogP contribution in [0.4, 0.5) is 0 Å². The summed E-state index contributed by atoms with van der Waals surface area (Å²) in [5, 5.41) is 10.5. The summed E-state index contributed by atoms with van der Waals surface area (Å²) in [6.07, 6.45) is 3.57. The summed E-state index contributed by atoms with van der Waals surface area (Å²) in [5.74, 6) is 1.11. The van der Waals surface area contributed by atoms with E-state index in [1.165, 1.54) is 0 Å². The van der Waals surface area contributed by atoms with Crippen molar-refractivity contribution in [2.24, 2.45) is 23.7 Å². The second kappa shape index (κ2) is 11.4. The lowest BCUT2D eigenvalue weighted by molar-refractivity contribution is -0.333. The highest BCUT2D eigenvalue weighted by atomic mass is 16.8. The average molecular weight is 525 g/mol. The molecule has 0 aromatic carbocycles. The molecule has 10 heteroatoms. The summed E-state index contributed by atoms with van der Waals surface area (Å²) in [6.45, 7) is 4.76. The van der Waals surface area contributed by atoms with Crippen molar-refractivity contribution >= 4 is 11.8 Å². The van der Waals surface area contributed by atoms with Gasteiger partial charge in [0, 0.05) is 31.8 Å². The smallest absolute Gasteiger partial charge is 0.226 e. The van der Waals surface area contributed by atoms with Crippen molar-refractivity contribution in [1.82, 2.24) is 9.80 Å². The number of carbonyl (C=O) groups is 2. The number of nitrogens with zero attached hydrogens (tertiary/aromatic N) is 2. The molecule has 2 amide bonds. The summed E-state index contributed by atoms with van der Waals surface area (Å²) in [6, 6.07) is 0. The molecule has 2 aliphatic carbocycles. The first-order chi connectivity index (χ1) is 17.7. The molecule has 7 atom stereocenters. The topological polar surface area (TPSA) is 107 Å². The summed E-state index contributed by atoms with van der Waals surface area (Å²) in [5.41, 5.74) is 0. The third-order valence-electron chi connectivity index (χ3n) is 9.08. The van der Waals surface area contributed by atoms with Crippen molar-refractivity contribution in [1.29, 1.82) is 0 Å². The second-order valence-electron chi connectivity index (χ2n) is 11.9. The van der Waals surface area contributed by atoms with Crippen LogP contribution in [0, 0.1) is 23.7 Å². The molecule has 5 fully saturated rings. The highest BCUT2D eigenvalue weighted by Crippen LogP contribution is 2.42. The fourth-order valence-electron chi connectivity index (χ4n) is 6.77. The molecule has 3 aliphatic heterocycles. The lowest BCUT2D eigenvalue weighted by atomic mass is 9.81. The molecule has 0 radical (unpaired) electrons. The van der Waals surface area contributed by atoms with Gasteiger partial charge in [-0.05, 0) is 64.2 Å². The van der Waals surface area contributed by atoms with Crippen LogP contribution < -0.4 is 0 Å². The van der Waals surface area contributed by atoms with E-state index in [2.05, 4.69) is 6.92 Å². The fourth-order valence-corrected chi connectivity index (χ4v) is 6.77. The third kappa shape index (κ3) is 5.84. The highest BCUT2D eigenvalue weighted by molar-refractivity contribution is 5.81. The summed E-state index contributed by atoms with van der Waals surface area (Å²) >= 11 is 0. The van der Waals surface area contributed by atoms with E-state index in [9.17, 15) is 14.7 Å². The normalized spacial score (nSPS) is 44.0. The molecular formula is C27H44N2O8. The first kappa shape index (κ1) is 27.3. The van der Waals surface area contributed by atoms with Gasteiger partial charge in [0.05, 0.1) is 13.3 Å². The number of aliphatic hydroxyl groups excluding tert-OH is 1. The Labute approximate surface area is 219 Å². The number of aliphatic hydroxyl groups is 1. The van der Waals surface area contributed by atoms with Gasteiger partial charge < -0.3 is 38.6 Å².